The third-order valence-corrected chi connectivity index (χ3v) is 4.19. The maximum absolute atomic E-state index is 12.6. The second kappa shape index (κ2) is 6.25. The fourth-order valence-electron chi connectivity index (χ4n) is 3.02. The maximum atomic E-state index is 12.6. The van der Waals surface area contributed by atoms with Crippen molar-refractivity contribution in [2.45, 2.75) is 25.7 Å². The zero-order valence-corrected chi connectivity index (χ0v) is 12.3. The summed E-state index contributed by atoms with van der Waals surface area (Å²) in [6.45, 7) is 1.53. The smallest absolute Gasteiger partial charge is 0.303 e. The lowest BCUT2D eigenvalue weighted by atomic mass is 9.93. The van der Waals surface area contributed by atoms with Gasteiger partial charge >= 0.3 is 5.97 Å². The second-order valence-electron chi connectivity index (χ2n) is 5.76. The lowest BCUT2D eigenvalue weighted by molar-refractivity contribution is -0.137. The molecule has 0 unspecified atom stereocenters. The zero-order valence-electron chi connectivity index (χ0n) is 12.3. The summed E-state index contributed by atoms with van der Waals surface area (Å²) >= 11 is 0. The van der Waals surface area contributed by atoms with E-state index in [2.05, 4.69) is 0 Å². The van der Waals surface area contributed by atoms with Crippen molar-refractivity contribution >= 4 is 11.9 Å². The van der Waals surface area contributed by atoms with Crippen LogP contribution in [0.5, 0.6) is 11.5 Å². The monoisotopic (exact) mass is 305 g/mol. The lowest BCUT2D eigenvalue weighted by Crippen LogP contribution is -2.40. The molecule has 0 aliphatic carbocycles. The first-order valence-electron chi connectivity index (χ1n) is 7.54. The number of carboxylic acids is 1. The number of piperidine rings is 1. The summed E-state index contributed by atoms with van der Waals surface area (Å²) in [6.07, 6.45) is 2.69. The van der Waals surface area contributed by atoms with Gasteiger partial charge in [-0.15, -0.1) is 0 Å². The number of nitrogens with zero attached hydrogens (tertiary/aromatic N) is 1. The normalized spacial score (nSPS) is 20.0. The van der Waals surface area contributed by atoms with Crippen LogP contribution in [0, 0.1) is 5.92 Å². The van der Waals surface area contributed by atoms with E-state index in [1.807, 2.05) is 4.90 Å². The highest BCUT2D eigenvalue weighted by Gasteiger charge is 2.26. The van der Waals surface area contributed by atoms with Crippen molar-refractivity contribution < 1.29 is 24.2 Å². The van der Waals surface area contributed by atoms with Crippen LogP contribution in [0.4, 0.5) is 0 Å². The zero-order chi connectivity index (χ0) is 15.5. The van der Waals surface area contributed by atoms with E-state index in [1.165, 1.54) is 0 Å². The first-order valence-corrected chi connectivity index (χ1v) is 7.54. The van der Waals surface area contributed by atoms with Crippen LogP contribution >= 0.6 is 0 Å². The number of hydrogen-bond acceptors (Lipinski definition) is 4. The van der Waals surface area contributed by atoms with Gasteiger partial charge in [-0.3, -0.25) is 9.59 Å². The van der Waals surface area contributed by atoms with Crippen LogP contribution in [0.2, 0.25) is 0 Å². The number of carboxylic acid groups (broad SMARTS) is 1. The number of amides is 1. The van der Waals surface area contributed by atoms with E-state index in [9.17, 15) is 9.59 Å². The van der Waals surface area contributed by atoms with Crippen LogP contribution in [0.3, 0.4) is 0 Å². The molecule has 6 nitrogen and oxygen atoms in total. The second-order valence-corrected chi connectivity index (χ2v) is 5.76. The van der Waals surface area contributed by atoms with Gasteiger partial charge in [0, 0.05) is 25.1 Å². The van der Waals surface area contributed by atoms with Gasteiger partial charge in [-0.1, -0.05) is 0 Å². The Kier molecular flexibility index (Phi) is 4.18. The van der Waals surface area contributed by atoms with Crippen LogP contribution in [-0.4, -0.2) is 41.8 Å². The number of benzene rings is 1. The molecule has 22 heavy (non-hydrogen) atoms. The minimum absolute atomic E-state index is 0.0293. The van der Waals surface area contributed by atoms with Crippen molar-refractivity contribution in [3.63, 3.8) is 0 Å². The molecule has 1 saturated heterocycles. The molecule has 1 amide bonds. The molecular formula is C16H19NO5. The van der Waals surface area contributed by atoms with Gasteiger partial charge in [0.25, 0.3) is 5.91 Å². The number of fused-ring (bicyclic) bond motifs is 1. The SMILES string of the molecule is O=C(O)CC[C@@H]1CCCN(C(=O)c2ccc3c(c2)OCO3)C1. The summed E-state index contributed by atoms with van der Waals surface area (Å²) in [5.41, 5.74) is 0.586. The van der Waals surface area contributed by atoms with Gasteiger partial charge in [0.2, 0.25) is 6.79 Å². The fraction of sp³-hybridized carbons (Fsp3) is 0.500. The molecule has 1 atom stereocenters. The summed E-state index contributed by atoms with van der Waals surface area (Å²) in [6, 6.07) is 5.21. The molecular weight excluding hydrogens is 286 g/mol. The van der Waals surface area contributed by atoms with Gasteiger partial charge in [0.15, 0.2) is 11.5 Å². The topological polar surface area (TPSA) is 76.1 Å². The van der Waals surface area contributed by atoms with Gasteiger partial charge in [-0.2, -0.15) is 0 Å². The van der Waals surface area contributed by atoms with Crippen molar-refractivity contribution in [3.05, 3.63) is 23.8 Å². The van der Waals surface area contributed by atoms with Crippen molar-refractivity contribution in [1.29, 1.82) is 0 Å². The highest BCUT2D eigenvalue weighted by molar-refractivity contribution is 5.95. The Morgan fingerprint density at radius 2 is 2.09 bits per heavy atom. The number of carbonyl (C=O) groups excluding carboxylic acids is 1. The molecule has 0 bridgehead atoms. The Labute approximate surface area is 128 Å². The van der Waals surface area contributed by atoms with Crippen molar-refractivity contribution in [1.82, 2.24) is 4.90 Å². The molecule has 1 N–H and O–H groups in total. The predicted octanol–water partition coefficient (Wildman–Crippen LogP) is 2.13. The Morgan fingerprint density at radius 1 is 1.27 bits per heavy atom. The van der Waals surface area contributed by atoms with Crippen LogP contribution in [0.25, 0.3) is 0 Å². The third-order valence-electron chi connectivity index (χ3n) is 4.19. The molecule has 2 heterocycles. The van der Waals surface area contributed by atoms with Crippen LogP contribution in [0.1, 0.15) is 36.0 Å². The Morgan fingerprint density at radius 3 is 2.91 bits per heavy atom. The summed E-state index contributed by atoms with van der Waals surface area (Å²) in [7, 11) is 0. The van der Waals surface area contributed by atoms with Crippen LogP contribution < -0.4 is 9.47 Å². The first kappa shape index (κ1) is 14.7. The van der Waals surface area contributed by atoms with E-state index < -0.39 is 5.97 Å². The molecule has 3 rings (SSSR count). The molecule has 0 aromatic heterocycles. The largest absolute Gasteiger partial charge is 0.481 e. The third kappa shape index (κ3) is 3.16. The number of ether oxygens (including phenoxy) is 2. The first-order chi connectivity index (χ1) is 10.6. The van der Waals surface area contributed by atoms with Gasteiger partial charge in [-0.25, -0.2) is 0 Å². The van der Waals surface area contributed by atoms with Crippen molar-refractivity contribution in [2.75, 3.05) is 19.9 Å². The van der Waals surface area contributed by atoms with Crippen LogP contribution in [0.15, 0.2) is 18.2 Å². The van der Waals surface area contributed by atoms with Gasteiger partial charge < -0.3 is 19.5 Å². The summed E-state index contributed by atoms with van der Waals surface area (Å²) in [5, 5.41) is 8.78. The number of aliphatic carboxylic acids is 1. The molecule has 0 saturated carbocycles. The van der Waals surface area contributed by atoms with Crippen LogP contribution in [-0.2, 0) is 4.79 Å². The summed E-state index contributed by atoms with van der Waals surface area (Å²) in [5.74, 6) is 0.722. The average Bonchev–Trinajstić information content (AvgIpc) is 3.00. The van der Waals surface area contributed by atoms with E-state index >= 15 is 0 Å². The average molecular weight is 305 g/mol. The van der Waals surface area contributed by atoms with Crippen molar-refractivity contribution in [2.24, 2.45) is 5.92 Å². The van der Waals surface area contributed by atoms with Gasteiger partial charge in [0.05, 0.1) is 0 Å². The number of carbonyl (C=O) groups is 2. The molecule has 6 heteroatoms. The lowest BCUT2D eigenvalue weighted by Gasteiger charge is -2.32. The van der Waals surface area contributed by atoms with E-state index in [4.69, 9.17) is 14.6 Å². The summed E-state index contributed by atoms with van der Waals surface area (Å²) in [4.78, 5) is 25.1. The van der Waals surface area contributed by atoms with E-state index in [-0.39, 0.29) is 25.0 Å². The predicted molar refractivity (Wildman–Crippen MR) is 78.1 cm³/mol. The minimum atomic E-state index is -0.778. The fourth-order valence-corrected chi connectivity index (χ4v) is 3.02. The molecule has 1 aromatic rings. The Balaban J connectivity index is 1.65. The Bertz CT molecular complexity index is 586. The molecule has 0 spiro atoms. The molecule has 118 valence electrons. The molecule has 1 aromatic carbocycles. The highest BCUT2D eigenvalue weighted by atomic mass is 16.7. The van der Waals surface area contributed by atoms with E-state index in [0.29, 0.717) is 30.0 Å². The van der Waals surface area contributed by atoms with E-state index in [0.717, 1.165) is 19.4 Å². The Hall–Kier alpha value is -2.24. The van der Waals surface area contributed by atoms with Gasteiger partial charge in [-0.05, 0) is 43.4 Å². The summed E-state index contributed by atoms with van der Waals surface area (Å²) < 4.78 is 10.6. The molecule has 1 fully saturated rings. The standard InChI is InChI=1S/C16H19NO5/c18-15(19)6-3-11-2-1-7-17(9-11)16(20)12-4-5-13-14(8-12)22-10-21-13/h4-5,8,11H,1-3,6-7,9-10H2,(H,18,19)/t11-/m0/s1. The number of rotatable bonds is 4. The number of likely N-dealkylation sites (tertiary alicyclic amines) is 1. The molecule has 2 aliphatic rings. The molecule has 0 radical (unpaired) electrons. The van der Waals surface area contributed by atoms with Crippen molar-refractivity contribution in [3.8, 4) is 11.5 Å². The number of hydrogen-bond donors (Lipinski definition) is 1. The highest BCUT2D eigenvalue weighted by Crippen LogP contribution is 2.33. The quantitative estimate of drug-likeness (QED) is 0.922. The van der Waals surface area contributed by atoms with E-state index in [1.54, 1.807) is 18.2 Å². The van der Waals surface area contributed by atoms with Gasteiger partial charge in [0.1, 0.15) is 0 Å². The molecule has 2 aliphatic heterocycles. The minimum Gasteiger partial charge on any atom is -0.481 e. The maximum Gasteiger partial charge on any atom is 0.303 e.